The first-order valence-electron chi connectivity index (χ1n) is 6.45. The highest BCUT2D eigenvalue weighted by molar-refractivity contribution is 4.81. The van der Waals surface area contributed by atoms with Gasteiger partial charge < -0.3 is 29.5 Å². The summed E-state index contributed by atoms with van der Waals surface area (Å²) < 4.78 is 16.4. The smallest absolute Gasteiger partial charge is 0.183 e. The van der Waals surface area contributed by atoms with Crippen LogP contribution in [-0.2, 0) is 14.2 Å². The third kappa shape index (κ3) is 3.40. The van der Waals surface area contributed by atoms with Crippen LogP contribution >= 0.6 is 0 Å². The summed E-state index contributed by atoms with van der Waals surface area (Å²) in [7, 11) is 0. The first kappa shape index (κ1) is 14.2. The number of hydrogen-bond donors (Lipinski definition) is 3. The van der Waals surface area contributed by atoms with E-state index in [0.29, 0.717) is 25.4 Å². The molecule has 6 atom stereocenters. The Hall–Kier alpha value is -0.240. The van der Waals surface area contributed by atoms with Gasteiger partial charge in [-0.25, -0.2) is 0 Å². The van der Waals surface area contributed by atoms with E-state index in [4.69, 9.17) is 14.2 Å². The van der Waals surface area contributed by atoms with Gasteiger partial charge in [-0.3, -0.25) is 0 Å². The molecule has 6 heteroatoms. The second-order valence-electron chi connectivity index (χ2n) is 5.23. The lowest BCUT2D eigenvalue weighted by molar-refractivity contribution is -0.274. The van der Waals surface area contributed by atoms with Crippen LogP contribution < -0.4 is 0 Å². The summed E-state index contributed by atoms with van der Waals surface area (Å²) in [4.78, 5) is 0. The van der Waals surface area contributed by atoms with E-state index < -0.39 is 30.7 Å². The van der Waals surface area contributed by atoms with Gasteiger partial charge in [0.1, 0.15) is 12.2 Å². The predicted molar refractivity (Wildman–Crippen MR) is 61.9 cm³/mol. The van der Waals surface area contributed by atoms with Gasteiger partial charge in [0.25, 0.3) is 0 Å². The molecular weight excluding hydrogens is 240 g/mol. The van der Waals surface area contributed by atoms with Gasteiger partial charge in [0, 0.05) is 6.42 Å². The van der Waals surface area contributed by atoms with Crippen LogP contribution in [0.5, 0.6) is 0 Å². The normalized spacial score (nSPS) is 46.0. The van der Waals surface area contributed by atoms with Crippen LogP contribution in [0.15, 0.2) is 0 Å². The maximum Gasteiger partial charge on any atom is 0.183 e. The van der Waals surface area contributed by atoms with Crippen molar-refractivity contribution in [1.29, 1.82) is 0 Å². The number of aliphatic hydroxyl groups excluding tert-OH is 3. The second-order valence-corrected chi connectivity index (χ2v) is 5.23. The van der Waals surface area contributed by atoms with Crippen LogP contribution in [0.25, 0.3) is 0 Å². The molecule has 2 saturated heterocycles. The highest BCUT2D eigenvalue weighted by Crippen LogP contribution is 2.25. The molecule has 2 aliphatic heterocycles. The molecule has 2 fully saturated rings. The molecule has 0 radical (unpaired) electrons. The van der Waals surface area contributed by atoms with Crippen LogP contribution in [0.4, 0.5) is 0 Å². The molecule has 3 N–H and O–H groups in total. The average molecular weight is 262 g/mol. The minimum Gasteiger partial charge on any atom is -0.394 e. The Labute approximate surface area is 106 Å². The van der Waals surface area contributed by atoms with Gasteiger partial charge in [-0.2, -0.15) is 0 Å². The van der Waals surface area contributed by atoms with Gasteiger partial charge in [0.15, 0.2) is 6.29 Å². The Balaban J connectivity index is 1.90. The Bertz CT molecular complexity index is 261. The minimum absolute atomic E-state index is 0.170. The molecule has 2 heterocycles. The maximum atomic E-state index is 9.88. The highest BCUT2D eigenvalue weighted by atomic mass is 16.7. The van der Waals surface area contributed by atoms with Crippen LogP contribution in [0.3, 0.4) is 0 Å². The quantitative estimate of drug-likeness (QED) is 0.620. The summed E-state index contributed by atoms with van der Waals surface area (Å²) in [6.07, 6.45) is -1.88. The Morgan fingerprint density at radius 3 is 2.61 bits per heavy atom. The third-order valence-corrected chi connectivity index (χ3v) is 3.41. The van der Waals surface area contributed by atoms with E-state index in [0.717, 1.165) is 0 Å². The fraction of sp³-hybridized carbons (Fsp3) is 1.00. The summed E-state index contributed by atoms with van der Waals surface area (Å²) in [6, 6.07) is 0. The fourth-order valence-electron chi connectivity index (χ4n) is 2.41. The Morgan fingerprint density at radius 2 is 1.94 bits per heavy atom. The van der Waals surface area contributed by atoms with Gasteiger partial charge in [-0.15, -0.1) is 0 Å². The van der Waals surface area contributed by atoms with Crippen molar-refractivity contribution in [2.45, 2.75) is 50.5 Å². The topological polar surface area (TPSA) is 88.4 Å². The summed E-state index contributed by atoms with van der Waals surface area (Å²) in [6.45, 7) is 2.58. The van der Waals surface area contributed by atoms with E-state index in [1.807, 2.05) is 6.92 Å². The molecule has 106 valence electrons. The highest BCUT2D eigenvalue weighted by Gasteiger charge is 2.36. The zero-order valence-electron chi connectivity index (χ0n) is 10.6. The zero-order chi connectivity index (χ0) is 13.1. The van der Waals surface area contributed by atoms with E-state index in [1.54, 1.807) is 0 Å². The van der Waals surface area contributed by atoms with Crippen LogP contribution in [0.2, 0.25) is 0 Å². The lowest BCUT2D eigenvalue weighted by Gasteiger charge is -2.38. The van der Waals surface area contributed by atoms with Crippen molar-refractivity contribution in [2.75, 3.05) is 19.8 Å². The molecule has 0 aliphatic carbocycles. The van der Waals surface area contributed by atoms with Gasteiger partial charge in [-0.1, -0.05) is 6.92 Å². The average Bonchev–Trinajstić information content (AvgIpc) is 2.33. The van der Waals surface area contributed by atoms with E-state index in [2.05, 4.69) is 0 Å². The molecule has 6 nitrogen and oxygen atoms in total. The van der Waals surface area contributed by atoms with Crippen molar-refractivity contribution in [2.24, 2.45) is 5.92 Å². The zero-order valence-corrected chi connectivity index (χ0v) is 10.6. The molecule has 0 aromatic carbocycles. The Kier molecular flexibility index (Phi) is 4.94. The predicted octanol–water partition coefficient (Wildman–Crippen LogP) is -0.743. The second kappa shape index (κ2) is 6.27. The summed E-state index contributed by atoms with van der Waals surface area (Å²) >= 11 is 0. The fourth-order valence-corrected chi connectivity index (χ4v) is 2.41. The van der Waals surface area contributed by atoms with Crippen molar-refractivity contribution in [3.05, 3.63) is 0 Å². The number of ether oxygens (including phenoxy) is 3. The van der Waals surface area contributed by atoms with Gasteiger partial charge in [0.05, 0.1) is 32.0 Å². The van der Waals surface area contributed by atoms with E-state index in [1.165, 1.54) is 0 Å². The third-order valence-electron chi connectivity index (χ3n) is 3.41. The molecule has 18 heavy (non-hydrogen) atoms. The molecule has 2 rings (SSSR count). The van der Waals surface area contributed by atoms with Crippen LogP contribution in [0.1, 0.15) is 19.8 Å². The van der Waals surface area contributed by atoms with Crippen molar-refractivity contribution < 1.29 is 29.5 Å². The number of hydrogen-bond acceptors (Lipinski definition) is 6. The molecule has 0 saturated carbocycles. The first-order chi connectivity index (χ1) is 8.60. The summed E-state index contributed by atoms with van der Waals surface area (Å²) in [5, 5.41) is 28.6. The maximum absolute atomic E-state index is 9.88. The molecule has 2 aliphatic rings. The Morgan fingerprint density at radius 1 is 1.17 bits per heavy atom. The molecular formula is C12H22O6. The largest absolute Gasteiger partial charge is 0.394 e. The lowest BCUT2D eigenvalue weighted by Crippen LogP contribution is -2.49. The minimum atomic E-state index is -0.700. The molecule has 1 unspecified atom stereocenters. The summed E-state index contributed by atoms with van der Waals surface area (Å²) in [5.74, 6) is 0.307. The van der Waals surface area contributed by atoms with E-state index >= 15 is 0 Å². The van der Waals surface area contributed by atoms with Crippen LogP contribution in [-0.4, -0.2) is 65.8 Å². The monoisotopic (exact) mass is 262 g/mol. The van der Waals surface area contributed by atoms with Gasteiger partial charge in [0.2, 0.25) is 0 Å². The van der Waals surface area contributed by atoms with E-state index in [-0.39, 0.29) is 13.2 Å². The van der Waals surface area contributed by atoms with Gasteiger partial charge >= 0.3 is 0 Å². The van der Waals surface area contributed by atoms with E-state index in [9.17, 15) is 15.3 Å². The first-order valence-corrected chi connectivity index (χ1v) is 6.45. The lowest BCUT2D eigenvalue weighted by atomic mass is 10.0. The molecule has 0 bridgehead atoms. The number of aliphatic hydroxyl groups is 3. The van der Waals surface area contributed by atoms with Crippen LogP contribution in [0, 0.1) is 5.92 Å². The summed E-state index contributed by atoms with van der Waals surface area (Å²) in [5.41, 5.74) is 0. The van der Waals surface area contributed by atoms with Gasteiger partial charge in [-0.05, 0) is 12.3 Å². The number of rotatable bonds is 3. The van der Waals surface area contributed by atoms with Crippen molar-refractivity contribution in [1.82, 2.24) is 0 Å². The standard InChI is InChI=1S/C12H22O6/c1-7-2-9(15)12(17-5-7)18-10-3-8(14)6-16-11(10)4-13/h7-15H,2-6H2,1H3/t7-,8-,9-,10-,11?,12+/m0/s1. The van der Waals surface area contributed by atoms with Crippen molar-refractivity contribution in [3.63, 3.8) is 0 Å². The molecule has 0 spiro atoms. The molecule has 0 aromatic heterocycles. The van der Waals surface area contributed by atoms with Crippen molar-refractivity contribution in [3.8, 4) is 0 Å². The molecule has 0 aromatic rings. The SMILES string of the molecule is C[C@@H]1CO[C@H](O[C@H]2C[C@H](O)COC2CO)[C@@H](O)C1. The molecule has 0 amide bonds. The van der Waals surface area contributed by atoms with Crippen molar-refractivity contribution >= 4 is 0 Å².